The number of nitro groups is 1. The molecular weight excluding hydrogens is 436 g/mol. The predicted molar refractivity (Wildman–Crippen MR) is 132 cm³/mol. The molecule has 166 valence electrons. The fourth-order valence-corrected chi connectivity index (χ4v) is 4.99. The molecule has 0 unspecified atom stereocenters. The molecule has 1 saturated heterocycles. The van der Waals surface area contributed by atoms with Crippen molar-refractivity contribution in [2.45, 2.75) is 19.3 Å². The zero-order valence-electron chi connectivity index (χ0n) is 17.9. The number of amides is 1. The molecule has 5 rings (SSSR count). The van der Waals surface area contributed by atoms with E-state index in [9.17, 15) is 14.9 Å². The van der Waals surface area contributed by atoms with E-state index in [4.69, 9.17) is 0 Å². The third kappa shape index (κ3) is 4.29. The van der Waals surface area contributed by atoms with Crippen LogP contribution in [0.15, 0.2) is 66.0 Å². The smallest absolute Gasteiger partial charge is 0.293 e. The van der Waals surface area contributed by atoms with Crippen LogP contribution in [0.3, 0.4) is 0 Å². The number of hydrogen-bond acceptors (Lipinski definition) is 6. The molecule has 1 N–H and O–H groups in total. The Kier molecular flexibility index (Phi) is 5.75. The molecule has 0 saturated carbocycles. The van der Waals surface area contributed by atoms with Crippen molar-refractivity contribution >= 4 is 44.5 Å². The molecule has 1 fully saturated rings. The van der Waals surface area contributed by atoms with Crippen LogP contribution in [0.5, 0.6) is 0 Å². The number of piperidine rings is 1. The maximum atomic E-state index is 12.9. The third-order valence-corrected chi connectivity index (χ3v) is 6.68. The van der Waals surface area contributed by atoms with Crippen LogP contribution in [0.2, 0.25) is 0 Å². The number of nitrogens with one attached hydrogen (secondary N) is 1. The first-order valence-electron chi connectivity index (χ1n) is 10.9. The second kappa shape index (κ2) is 8.99. The van der Waals surface area contributed by atoms with E-state index in [1.165, 1.54) is 17.4 Å². The summed E-state index contributed by atoms with van der Waals surface area (Å²) in [7, 11) is 0. The summed E-state index contributed by atoms with van der Waals surface area (Å²) in [6.45, 7) is 1.59. The van der Waals surface area contributed by atoms with Gasteiger partial charge in [0.15, 0.2) is 5.13 Å². The first kappa shape index (κ1) is 21.1. The van der Waals surface area contributed by atoms with Gasteiger partial charge in [0, 0.05) is 35.7 Å². The van der Waals surface area contributed by atoms with Crippen LogP contribution in [-0.2, 0) is 0 Å². The van der Waals surface area contributed by atoms with Crippen LogP contribution in [0.1, 0.15) is 29.6 Å². The number of rotatable bonds is 5. The van der Waals surface area contributed by atoms with E-state index in [1.54, 1.807) is 12.1 Å². The van der Waals surface area contributed by atoms with Gasteiger partial charge in [-0.05, 0) is 42.2 Å². The van der Waals surface area contributed by atoms with E-state index in [2.05, 4.69) is 10.3 Å². The summed E-state index contributed by atoms with van der Waals surface area (Å²) in [6.07, 6.45) is 3.17. The minimum absolute atomic E-state index is 0.0415. The van der Waals surface area contributed by atoms with Gasteiger partial charge in [-0.25, -0.2) is 4.98 Å². The zero-order chi connectivity index (χ0) is 22.8. The summed E-state index contributed by atoms with van der Waals surface area (Å²) >= 11 is 1.33. The number of carbonyl (C=O) groups excluding carboxylic acids is 1. The van der Waals surface area contributed by atoms with Crippen molar-refractivity contribution in [1.82, 2.24) is 4.98 Å². The number of fused-ring (bicyclic) bond motifs is 1. The van der Waals surface area contributed by atoms with Crippen molar-refractivity contribution in [3.8, 4) is 11.3 Å². The van der Waals surface area contributed by atoms with Crippen molar-refractivity contribution in [2.24, 2.45) is 0 Å². The molecule has 0 spiro atoms. The van der Waals surface area contributed by atoms with Crippen molar-refractivity contribution in [1.29, 1.82) is 0 Å². The average Bonchev–Trinajstić information content (AvgIpc) is 3.32. The van der Waals surface area contributed by atoms with Crippen molar-refractivity contribution in [2.75, 3.05) is 23.3 Å². The molecule has 1 aliphatic rings. The molecule has 3 aromatic carbocycles. The molecule has 7 nitrogen and oxygen atoms in total. The number of thiazole rings is 1. The summed E-state index contributed by atoms with van der Waals surface area (Å²) < 4.78 is 0. The van der Waals surface area contributed by atoms with Gasteiger partial charge in [0.05, 0.1) is 10.6 Å². The lowest BCUT2D eigenvalue weighted by atomic mass is 10.0. The number of aromatic nitrogens is 1. The molecule has 0 radical (unpaired) electrons. The Morgan fingerprint density at radius 3 is 2.64 bits per heavy atom. The lowest BCUT2D eigenvalue weighted by Gasteiger charge is -2.28. The minimum atomic E-state index is -0.415. The summed E-state index contributed by atoms with van der Waals surface area (Å²) in [5.41, 5.74) is 2.54. The van der Waals surface area contributed by atoms with Gasteiger partial charge in [-0.2, -0.15) is 0 Å². The van der Waals surface area contributed by atoms with Gasteiger partial charge in [-0.3, -0.25) is 20.2 Å². The fourth-order valence-electron chi connectivity index (χ4n) is 4.29. The van der Waals surface area contributed by atoms with E-state index in [0.717, 1.165) is 54.4 Å². The Bertz CT molecular complexity index is 1340. The van der Waals surface area contributed by atoms with E-state index in [0.29, 0.717) is 10.8 Å². The van der Waals surface area contributed by atoms with Gasteiger partial charge in [0.1, 0.15) is 5.69 Å². The van der Waals surface area contributed by atoms with Crippen molar-refractivity contribution < 1.29 is 9.72 Å². The summed E-state index contributed by atoms with van der Waals surface area (Å²) in [5.74, 6) is -0.415. The summed E-state index contributed by atoms with van der Waals surface area (Å²) in [5, 5.41) is 19.1. The molecule has 1 aromatic heterocycles. The van der Waals surface area contributed by atoms with Crippen molar-refractivity contribution in [3.63, 3.8) is 0 Å². The van der Waals surface area contributed by atoms with Crippen LogP contribution in [0.4, 0.5) is 16.5 Å². The molecule has 0 atom stereocenters. The number of benzene rings is 3. The van der Waals surface area contributed by atoms with Crippen LogP contribution >= 0.6 is 11.3 Å². The van der Waals surface area contributed by atoms with Gasteiger partial charge < -0.3 is 4.90 Å². The molecule has 8 heteroatoms. The average molecular weight is 459 g/mol. The lowest BCUT2D eigenvalue weighted by Crippen LogP contribution is -2.30. The van der Waals surface area contributed by atoms with Crippen LogP contribution in [0, 0.1) is 10.1 Å². The highest BCUT2D eigenvalue weighted by Gasteiger charge is 2.23. The normalized spacial score (nSPS) is 13.8. The molecule has 33 heavy (non-hydrogen) atoms. The molecule has 1 aliphatic heterocycles. The highest BCUT2D eigenvalue weighted by molar-refractivity contribution is 7.14. The van der Waals surface area contributed by atoms with Gasteiger partial charge in [-0.15, -0.1) is 11.3 Å². The number of carbonyl (C=O) groups is 1. The van der Waals surface area contributed by atoms with Gasteiger partial charge in [-0.1, -0.05) is 42.5 Å². The Labute approximate surface area is 194 Å². The molecule has 1 amide bonds. The highest BCUT2D eigenvalue weighted by atomic mass is 32.1. The first-order valence-corrected chi connectivity index (χ1v) is 11.8. The SMILES string of the molecule is O=C(Nc1nc(-c2cccc3ccccc23)cs1)c1ccc(N2CCCCC2)c([N+](=O)[O-])c1. The van der Waals surface area contributed by atoms with Gasteiger partial charge in [0.25, 0.3) is 11.6 Å². The number of hydrogen-bond donors (Lipinski definition) is 1. The second-order valence-corrected chi connectivity index (χ2v) is 8.89. The van der Waals surface area contributed by atoms with Gasteiger partial charge >= 0.3 is 0 Å². The van der Waals surface area contributed by atoms with Crippen LogP contribution in [0.25, 0.3) is 22.0 Å². The Morgan fingerprint density at radius 2 is 1.82 bits per heavy atom. The van der Waals surface area contributed by atoms with Gasteiger partial charge in [0.2, 0.25) is 0 Å². The maximum absolute atomic E-state index is 12.9. The quantitative estimate of drug-likeness (QED) is 0.288. The van der Waals surface area contributed by atoms with E-state index in [-0.39, 0.29) is 11.3 Å². The maximum Gasteiger partial charge on any atom is 0.293 e. The molecule has 2 heterocycles. The predicted octanol–water partition coefficient (Wildman–Crippen LogP) is 6.11. The number of nitro benzene ring substituents is 1. The Morgan fingerprint density at radius 1 is 1.03 bits per heavy atom. The monoisotopic (exact) mass is 458 g/mol. The standard InChI is InChI=1S/C25H22N4O3S/c30-24(18-11-12-22(23(15-18)29(31)32)28-13-4-1-5-14-28)27-25-26-21(16-33-25)20-10-6-8-17-7-2-3-9-19(17)20/h2-3,6-12,15-16H,1,4-5,13-14H2,(H,26,27,30). The number of nitrogens with zero attached hydrogens (tertiary/aromatic N) is 3. The molecule has 0 aliphatic carbocycles. The summed E-state index contributed by atoms with van der Waals surface area (Å²) in [4.78, 5) is 30.8. The highest BCUT2D eigenvalue weighted by Crippen LogP contribution is 2.33. The topological polar surface area (TPSA) is 88.4 Å². The Hall–Kier alpha value is -3.78. The second-order valence-electron chi connectivity index (χ2n) is 8.03. The largest absolute Gasteiger partial charge is 0.366 e. The van der Waals surface area contributed by atoms with Crippen molar-refractivity contribution in [3.05, 3.63) is 81.7 Å². The zero-order valence-corrected chi connectivity index (χ0v) is 18.7. The molecule has 0 bridgehead atoms. The summed E-state index contributed by atoms with van der Waals surface area (Å²) in [6, 6.07) is 18.8. The lowest BCUT2D eigenvalue weighted by molar-refractivity contribution is -0.384. The third-order valence-electron chi connectivity index (χ3n) is 5.92. The van der Waals surface area contributed by atoms with Crippen LogP contribution < -0.4 is 10.2 Å². The van der Waals surface area contributed by atoms with E-state index in [1.807, 2.05) is 52.7 Å². The van der Waals surface area contributed by atoms with E-state index < -0.39 is 10.8 Å². The molecule has 4 aromatic rings. The fraction of sp³-hybridized carbons (Fsp3) is 0.200. The minimum Gasteiger partial charge on any atom is -0.366 e. The first-order chi connectivity index (χ1) is 16.1. The van der Waals surface area contributed by atoms with Crippen LogP contribution in [-0.4, -0.2) is 28.9 Å². The van der Waals surface area contributed by atoms with E-state index >= 15 is 0 Å². The molecular formula is C25H22N4O3S. The Balaban J connectivity index is 1.38. The number of anilines is 2.